The van der Waals surface area contributed by atoms with E-state index in [9.17, 15) is 18.0 Å². The average molecular weight is 470 g/mol. The van der Waals surface area contributed by atoms with Gasteiger partial charge in [-0.15, -0.1) is 0 Å². The minimum absolute atomic E-state index is 0.0976. The summed E-state index contributed by atoms with van der Waals surface area (Å²) in [4.78, 5) is 17.7. The van der Waals surface area contributed by atoms with Gasteiger partial charge in [0.05, 0.1) is 19.8 Å². The summed E-state index contributed by atoms with van der Waals surface area (Å²) in [6.07, 6.45) is -2.31. The van der Waals surface area contributed by atoms with E-state index >= 15 is 0 Å². The van der Waals surface area contributed by atoms with Crippen molar-refractivity contribution in [3.8, 4) is 11.5 Å². The largest absolute Gasteiger partial charge is 0.493 e. The lowest BCUT2D eigenvalue weighted by atomic mass is 9.78. The van der Waals surface area contributed by atoms with Crippen LogP contribution in [0.3, 0.4) is 0 Å². The number of benzene rings is 2. The zero-order valence-corrected chi connectivity index (χ0v) is 18.4. The third-order valence-corrected chi connectivity index (χ3v) is 6.29. The van der Waals surface area contributed by atoms with E-state index in [1.54, 1.807) is 20.3 Å². The van der Waals surface area contributed by atoms with Crippen molar-refractivity contribution in [1.82, 2.24) is 14.8 Å². The number of ether oxygens (including phenoxy) is 2. The molecule has 10 heteroatoms. The predicted octanol–water partition coefficient (Wildman–Crippen LogP) is 4.73. The van der Waals surface area contributed by atoms with Crippen molar-refractivity contribution in [2.75, 3.05) is 19.5 Å². The van der Waals surface area contributed by atoms with E-state index in [1.165, 1.54) is 23.1 Å². The third kappa shape index (κ3) is 3.68. The van der Waals surface area contributed by atoms with Gasteiger partial charge in [-0.1, -0.05) is 18.2 Å². The molecule has 0 unspecified atom stereocenters. The molecule has 2 heterocycles. The Morgan fingerprint density at radius 2 is 1.71 bits per heavy atom. The molecule has 176 valence electrons. The summed E-state index contributed by atoms with van der Waals surface area (Å²) in [5.74, 6) is 1.40. The van der Waals surface area contributed by atoms with Crippen LogP contribution in [-0.2, 0) is 11.0 Å². The maximum absolute atomic E-state index is 13.4. The van der Waals surface area contributed by atoms with Crippen LogP contribution in [0, 0.1) is 0 Å². The predicted molar refractivity (Wildman–Crippen MR) is 117 cm³/mol. The van der Waals surface area contributed by atoms with Crippen LogP contribution >= 0.6 is 0 Å². The second-order valence-corrected chi connectivity index (χ2v) is 8.21. The number of methoxy groups -OCH3 is 2. The van der Waals surface area contributed by atoms with Crippen LogP contribution in [-0.4, -0.2) is 34.8 Å². The molecule has 7 nitrogen and oxygen atoms in total. The molecule has 5 rings (SSSR count). The van der Waals surface area contributed by atoms with Gasteiger partial charge in [0.15, 0.2) is 17.3 Å². The first kappa shape index (κ1) is 22.0. The number of hydrogen-bond acceptors (Lipinski definition) is 6. The molecule has 1 aromatic heterocycles. The number of anilines is 1. The van der Waals surface area contributed by atoms with Crippen LogP contribution in [0.4, 0.5) is 19.1 Å². The number of rotatable bonds is 4. The van der Waals surface area contributed by atoms with Crippen LogP contribution in [0.1, 0.15) is 41.5 Å². The number of nitrogens with one attached hydrogen (secondary N) is 1. The molecule has 3 aromatic rings. The maximum atomic E-state index is 13.4. The Morgan fingerprint density at radius 3 is 2.38 bits per heavy atom. The molecule has 1 aliphatic heterocycles. The van der Waals surface area contributed by atoms with Crippen LogP contribution in [0.5, 0.6) is 11.5 Å². The van der Waals surface area contributed by atoms with E-state index in [2.05, 4.69) is 15.4 Å². The highest BCUT2D eigenvalue weighted by atomic mass is 19.4. The fourth-order valence-corrected chi connectivity index (χ4v) is 4.66. The van der Waals surface area contributed by atoms with Gasteiger partial charge in [-0.05, 0) is 47.7 Å². The number of halogens is 3. The van der Waals surface area contributed by atoms with E-state index < -0.39 is 17.8 Å². The second-order valence-electron chi connectivity index (χ2n) is 8.21. The fourth-order valence-electron chi connectivity index (χ4n) is 4.66. The summed E-state index contributed by atoms with van der Waals surface area (Å²) in [6, 6.07) is 9.74. The molecule has 0 spiro atoms. The summed E-state index contributed by atoms with van der Waals surface area (Å²) in [5, 5.41) is 7.44. The zero-order valence-electron chi connectivity index (χ0n) is 18.4. The smallest absolute Gasteiger partial charge is 0.416 e. The maximum Gasteiger partial charge on any atom is 0.416 e. The topological polar surface area (TPSA) is 78.3 Å². The van der Waals surface area contributed by atoms with Crippen molar-refractivity contribution in [2.45, 2.75) is 31.0 Å². The van der Waals surface area contributed by atoms with Crippen LogP contribution in [0.15, 0.2) is 60.1 Å². The van der Waals surface area contributed by atoms with Gasteiger partial charge in [-0.2, -0.15) is 23.3 Å². The van der Waals surface area contributed by atoms with Gasteiger partial charge < -0.3 is 14.8 Å². The molecule has 0 amide bonds. The number of carbonyl (C=O) groups is 1. The highest BCUT2D eigenvalue weighted by molar-refractivity contribution is 6.00. The van der Waals surface area contributed by atoms with E-state index in [1.807, 2.05) is 12.1 Å². The van der Waals surface area contributed by atoms with Gasteiger partial charge in [0, 0.05) is 17.7 Å². The Balaban J connectivity index is 1.53. The summed E-state index contributed by atoms with van der Waals surface area (Å²) in [6.45, 7) is 0. The van der Waals surface area contributed by atoms with E-state index in [-0.39, 0.29) is 18.1 Å². The number of Topliss-reactive ketones (excluding diaryl/α,β-unsaturated/α-hetero) is 1. The molecule has 0 saturated heterocycles. The Labute approximate surface area is 193 Å². The lowest BCUT2D eigenvalue weighted by Crippen LogP contribution is -2.33. The van der Waals surface area contributed by atoms with Crippen LogP contribution < -0.4 is 14.8 Å². The summed E-state index contributed by atoms with van der Waals surface area (Å²) in [7, 11) is 3.11. The molecule has 2 atom stereocenters. The molecular weight excluding hydrogens is 449 g/mol. The number of carbonyl (C=O) groups excluding carboxylic acids is 1. The van der Waals surface area contributed by atoms with Crippen LogP contribution in [0.25, 0.3) is 0 Å². The standard InChI is InChI=1S/C24H21F3N4O3/c1-33-19-8-5-14(11-20(19)34-2)15-9-17-21(18(32)10-15)22(31-23(30-17)28-12-29-31)13-3-6-16(7-4-13)24(25,26)27/h3-8,11-12,15,22H,9-10H2,1-2H3,(H,28,29,30)/t15-,22-/m0/s1. The minimum Gasteiger partial charge on any atom is -0.493 e. The number of hydrogen-bond donors (Lipinski definition) is 1. The Morgan fingerprint density at radius 1 is 1.00 bits per heavy atom. The average Bonchev–Trinajstić information content (AvgIpc) is 3.30. The Hall–Kier alpha value is -3.82. The van der Waals surface area contributed by atoms with Crippen molar-refractivity contribution in [2.24, 2.45) is 0 Å². The number of alkyl halides is 3. The molecular formula is C24H21F3N4O3. The van der Waals surface area contributed by atoms with Crippen molar-refractivity contribution in [3.63, 3.8) is 0 Å². The number of fused-ring (bicyclic) bond motifs is 1. The number of ketones is 1. The first-order valence-corrected chi connectivity index (χ1v) is 10.6. The summed E-state index contributed by atoms with van der Waals surface area (Å²) < 4.78 is 51.5. The number of aromatic nitrogens is 3. The Kier molecular flexibility index (Phi) is 5.30. The van der Waals surface area contributed by atoms with Gasteiger partial charge >= 0.3 is 6.18 Å². The van der Waals surface area contributed by atoms with Gasteiger partial charge in [-0.25, -0.2) is 4.68 Å². The van der Waals surface area contributed by atoms with Crippen molar-refractivity contribution in [1.29, 1.82) is 0 Å². The van der Waals surface area contributed by atoms with Gasteiger partial charge in [-0.3, -0.25) is 4.79 Å². The van der Waals surface area contributed by atoms with Crippen LogP contribution in [0.2, 0.25) is 0 Å². The normalized spacial score (nSPS) is 19.9. The van der Waals surface area contributed by atoms with Crippen molar-refractivity contribution in [3.05, 3.63) is 76.8 Å². The highest BCUT2D eigenvalue weighted by Crippen LogP contribution is 2.45. The van der Waals surface area contributed by atoms with Gasteiger partial charge in [0.25, 0.3) is 0 Å². The molecule has 0 radical (unpaired) electrons. The third-order valence-electron chi connectivity index (χ3n) is 6.29. The van der Waals surface area contributed by atoms with Crippen molar-refractivity contribution < 1.29 is 27.4 Å². The lowest BCUT2D eigenvalue weighted by Gasteiger charge is -2.35. The molecule has 0 bridgehead atoms. The molecule has 0 saturated carbocycles. The fraction of sp³-hybridized carbons (Fsp3) is 0.292. The van der Waals surface area contributed by atoms with E-state index in [0.717, 1.165) is 17.7 Å². The quantitative estimate of drug-likeness (QED) is 0.594. The number of nitrogens with zero attached hydrogens (tertiary/aromatic N) is 3. The van der Waals surface area contributed by atoms with Gasteiger partial charge in [0.2, 0.25) is 5.95 Å². The highest BCUT2D eigenvalue weighted by Gasteiger charge is 2.40. The minimum atomic E-state index is -4.44. The zero-order chi connectivity index (χ0) is 24.0. The number of allylic oxidation sites excluding steroid dienone is 2. The molecule has 34 heavy (non-hydrogen) atoms. The second kappa shape index (κ2) is 8.19. The van der Waals surface area contributed by atoms with Crippen molar-refractivity contribution >= 4 is 11.7 Å². The first-order valence-electron chi connectivity index (χ1n) is 10.6. The summed E-state index contributed by atoms with van der Waals surface area (Å²) >= 11 is 0. The van der Waals surface area contributed by atoms with Gasteiger partial charge in [0.1, 0.15) is 12.4 Å². The molecule has 1 N–H and O–H groups in total. The van der Waals surface area contributed by atoms with E-state index in [0.29, 0.717) is 40.7 Å². The molecule has 2 aliphatic rings. The molecule has 1 aliphatic carbocycles. The first-order chi connectivity index (χ1) is 16.3. The Bertz CT molecular complexity index is 1280. The molecule has 0 fully saturated rings. The van der Waals surface area contributed by atoms with E-state index in [4.69, 9.17) is 9.47 Å². The lowest BCUT2D eigenvalue weighted by molar-refractivity contribution is -0.137. The molecule has 2 aromatic carbocycles. The summed E-state index contributed by atoms with van der Waals surface area (Å²) in [5.41, 5.74) is 1.90. The SMILES string of the molecule is COc1ccc([C@@H]2CC(=O)C3=C(C2)Nc2ncnn2[C@H]3c2ccc(C(F)(F)F)cc2)cc1OC. The monoisotopic (exact) mass is 470 g/mol.